The summed E-state index contributed by atoms with van der Waals surface area (Å²) >= 11 is 0. The third-order valence-corrected chi connectivity index (χ3v) is 2.10. The summed E-state index contributed by atoms with van der Waals surface area (Å²) < 4.78 is 41.5. The van der Waals surface area contributed by atoms with Crippen LogP contribution in [0.25, 0.3) is 0 Å². The molecule has 1 aromatic carbocycles. The van der Waals surface area contributed by atoms with Crippen molar-refractivity contribution in [2.24, 2.45) is 0 Å². The lowest BCUT2D eigenvalue weighted by Crippen LogP contribution is -2.31. The molecular formula is C11H13F3O. The van der Waals surface area contributed by atoms with E-state index >= 15 is 0 Å². The number of ether oxygens (including phenoxy) is 1. The fourth-order valence-corrected chi connectivity index (χ4v) is 1.19. The minimum Gasteiger partial charge on any atom is -0.481 e. The van der Waals surface area contributed by atoms with Gasteiger partial charge in [-0.15, -0.1) is 0 Å². The van der Waals surface area contributed by atoms with Gasteiger partial charge in [0.2, 0.25) is 0 Å². The van der Waals surface area contributed by atoms with Crippen molar-refractivity contribution < 1.29 is 17.9 Å². The summed E-state index contributed by atoms with van der Waals surface area (Å²) in [5.74, 6) is 0.283. The van der Waals surface area contributed by atoms with E-state index in [4.69, 9.17) is 4.74 Å². The highest BCUT2D eigenvalue weighted by Crippen LogP contribution is 2.27. The molecule has 0 aliphatic heterocycles. The number of aryl methyl sites for hydroxylation is 2. The molecule has 1 nitrogen and oxygen atoms in total. The minimum atomic E-state index is -4.32. The van der Waals surface area contributed by atoms with E-state index in [-0.39, 0.29) is 5.75 Å². The second kappa shape index (κ2) is 4.13. The van der Waals surface area contributed by atoms with Crippen molar-refractivity contribution in [3.05, 3.63) is 29.3 Å². The fourth-order valence-electron chi connectivity index (χ4n) is 1.19. The van der Waals surface area contributed by atoms with Crippen molar-refractivity contribution in [1.82, 2.24) is 0 Å². The quantitative estimate of drug-likeness (QED) is 0.736. The standard InChI is InChI=1S/C11H13F3O/c1-7-4-5-10(8(2)6-7)15-9(3)11(12,13)14/h4-6,9H,1-3H3. The predicted molar refractivity (Wildman–Crippen MR) is 52.1 cm³/mol. The highest BCUT2D eigenvalue weighted by Gasteiger charge is 2.38. The highest BCUT2D eigenvalue weighted by molar-refractivity contribution is 5.35. The largest absolute Gasteiger partial charge is 0.481 e. The van der Waals surface area contributed by atoms with Crippen LogP contribution in [0.3, 0.4) is 0 Å². The summed E-state index contributed by atoms with van der Waals surface area (Å²) in [6.07, 6.45) is -6.10. The Balaban J connectivity index is 2.82. The van der Waals surface area contributed by atoms with Crippen molar-refractivity contribution in [2.45, 2.75) is 33.1 Å². The maximum absolute atomic E-state index is 12.2. The van der Waals surface area contributed by atoms with Gasteiger partial charge in [-0.2, -0.15) is 13.2 Å². The molecule has 0 heterocycles. The number of alkyl halides is 3. The molecule has 1 atom stereocenters. The molecule has 0 amide bonds. The molecule has 0 spiro atoms. The number of benzene rings is 1. The molecule has 0 aliphatic carbocycles. The van der Waals surface area contributed by atoms with E-state index in [1.165, 1.54) is 0 Å². The van der Waals surface area contributed by atoms with Gasteiger partial charge in [0, 0.05) is 0 Å². The molecule has 1 rings (SSSR count). The van der Waals surface area contributed by atoms with E-state index in [9.17, 15) is 13.2 Å². The first-order valence-electron chi connectivity index (χ1n) is 4.61. The van der Waals surface area contributed by atoms with E-state index in [0.717, 1.165) is 12.5 Å². The van der Waals surface area contributed by atoms with Crippen LogP contribution in [0, 0.1) is 13.8 Å². The lowest BCUT2D eigenvalue weighted by Gasteiger charge is -2.19. The molecule has 0 radical (unpaired) electrons. The monoisotopic (exact) mass is 218 g/mol. The zero-order chi connectivity index (χ0) is 11.6. The van der Waals surface area contributed by atoms with Crippen LogP contribution in [-0.2, 0) is 0 Å². The van der Waals surface area contributed by atoms with E-state index in [2.05, 4.69) is 0 Å². The average molecular weight is 218 g/mol. The lowest BCUT2D eigenvalue weighted by molar-refractivity contribution is -0.189. The van der Waals surface area contributed by atoms with Crippen molar-refractivity contribution in [3.63, 3.8) is 0 Å². The van der Waals surface area contributed by atoms with Crippen LogP contribution in [0.5, 0.6) is 5.75 Å². The molecule has 84 valence electrons. The molecule has 0 aliphatic rings. The van der Waals surface area contributed by atoms with Crippen molar-refractivity contribution in [1.29, 1.82) is 0 Å². The summed E-state index contributed by atoms with van der Waals surface area (Å²) in [4.78, 5) is 0. The Labute approximate surface area is 86.9 Å². The summed E-state index contributed by atoms with van der Waals surface area (Å²) in [6, 6.07) is 5.08. The van der Waals surface area contributed by atoms with E-state index in [1.54, 1.807) is 25.1 Å². The highest BCUT2D eigenvalue weighted by atomic mass is 19.4. The van der Waals surface area contributed by atoms with Gasteiger partial charge >= 0.3 is 6.18 Å². The van der Waals surface area contributed by atoms with Gasteiger partial charge in [-0.05, 0) is 32.4 Å². The molecule has 0 N–H and O–H groups in total. The minimum absolute atomic E-state index is 0.283. The second-order valence-corrected chi connectivity index (χ2v) is 3.57. The normalized spacial score (nSPS) is 13.7. The Bertz CT molecular complexity index is 344. The Morgan fingerprint density at radius 2 is 1.80 bits per heavy atom. The molecule has 0 saturated heterocycles. The van der Waals surface area contributed by atoms with Crippen LogP contribution in [0.2, 0.25) is 0 Å². The first-order valence-corrected chi connectivity index (χ1v) is 4.61. The average Bonchev–Trinajstić information content (AvgIpc) is 2.08. The Morgan fingerprint density at radius 1 is 1.20 bits per heavy atom. The van der Waals surface area contributed by atoms with Gasteiger partial charge in [0.05, 0.1) is 0 Å². The molecule has 15 heavy (non-hydrogen) atoms. The Hall–Kier alpha value is -1.19. The molecule has 4 heteroatoms. The van der Waals surface area contributed by atoms with Crippen LogP contribution in [-0.4, -0.2) is 12.3 Å². The van der Waals surface area contributed by atoms with E-state index < -0.39 is 12.3 Å². The van der Waals surface area contributed by atoms with Crippen LogP contribution in [0.1, 0.15) is 18.1 Å². The molecule has 1 aromatic rings. The summed E-state index contributed by atoms with van der Waals surface area (Å²) in [7, 11) is 0. The fraction of sp³-hybridized carbons (Fsp3) is 0.455. The molecule has 1 unspecified atom stereocenters. The molecule has 0 saturated carbocycles. The maximum atomic E-state index is 12.2. The summed E-state index contributed by atoms with van der Waals surface area (Å²) in [6.45, 7) is 4.61. The molecular weight excluding hydrogens is 205 g/mol. The number of hydrogen-bond donors (Lipinski definition) is 0. The lowest BCUT2D eigenvalue weighted by atomic mass is 10.1. The molecule has 0 bridgehead atoms. The third kappa shape index (κ3) is 3.15. The van der Waals surface area contributed by atoms with Gasteiger partial charge in [0.15, 0.2) is 6.10 Å². The van der Waals surface area contributed by atoms with Gasteiger partial charge in [0.25, 0.3) is 0 Å². The van der Waals surface area contributed by atoms with Crippen molar-refractivity contribution in [3.8, 4) is 5.75 Å². The van der Waals surface area contributed by atoms with Gasteiger partial charge in [-0.25, -0.2) is 0 Å². The number of hydrogen-bond acceptors (Lipinski definition) is 1. The van der Waals surface area contributed by atoms with Crippen LogP contribution in [0.15, 0.2) is 18.2 Å². The Morgan fingerprint density at radius 3 is 2.27 bits per heavy atom. The Kier molecular flexibility index (Phi) is 3.27. The number of halogens is 3. The maximum Gasteiger partial charge on any atom is 0.425 e. The second-order valence-electron chi connectivity index (χ2n) is 3.57. The SMILES string of the molecule is Cc1ccc(OC(C)C(F)(F)F)c(C)c1. The first-order chi connectivity index (χ1) is 6.80. The smallest absolute Gasteiger partial charge is 0.425 e. The van der Waals surface area contributed by atoms with E-state index in [0.29, 0.717) is 5.56 Å². The molecule has 0 aromatic heterocycles. The van der Waals surface area contributed by atoms with Crippen LogP contribution in [0.4, 0.5) is 13.2 Å². The third-order valence-electron chi connectivity index (χ3n) is 2.10. The summed E-state index contributed by atoms with van der Waals surface area (Å²) in [5.41, 5.74) is 1.71. The van der Waals surface area contributed by atoms with Crippen molar-refractivity contribution >= 4 is 0 Å². The predicted octanol–water partition coefficient (Wildman–Crippen LogP) is 3.63. The first kappa shape index (κ1) is 11.9. The zero-order valence-corrected chi connectivity index (χ0v) is 8.85. The van der Waals surface area contributed by atoms with Crippen LogP contribution >= 0.6 is 0 Å². The zero-order valence-electron chi connectivity index (χ0n) is 8.85. The summed E-state index contributed by atoms with van der Waals surface area (Å²) in [5, 5.41) is 0. The van der Waals surface area contributed by atoms with Gasteiger partial charge in [-0.1, -0.05) is 17.7 Å². The van der Waals surface area contributed by atoms with Gasteiger partial charge in [0.1, 0.15) is 5.75 Å². The molecule has 0 fully saturated rings. The number of rotatable bonds is 2. The van der Waals surface area contributed by atoms with Crippen molar-refractivity contribution in [2.75, 3.05) is 0 Å². The van der Waals surface area contributed by atoms with Crippen LogP contribution < -0.4 is 4.74 Å². The topological polar surface area (TPSA) is 9.23 Å². The van der Waals surface area contributed by atoms with Gasteiger partial charge in [-0.3, -0.25) is 0 Å². The van der Waals surface area contributed by atoms with E-state index in [1.807, 2.05) is 6.92 Å². The van der Waals surface area contributed by atoms with Gasteiger partial charge < -0.3 is 4.74 Å².